The maximum absolute atomic E-state index is 10.9. The van der Waals surface area contributed by atoms with E-state index in [1.165, 1.54) is 19.3 Å². The van der Waals surface area contributed by atoms with Crippen LogP contribution in [0.4, 0.5) is 10.5 Å². The fraction of sp³-hybridized carbons (Fsp3) is 0.167. The van der Waals surface area contributed by atoms with Gasteiger partial charge >= 0.3 is 6.09 Å². The summed E-state index contributed by atoms with van der Waals surface area (Å²) in [5.74, 6) is 0. The van der Waals surface area contributed by atoms with Gasteiger partial charge in [0.15, 0.2) is 0 Å². The molecule has 19 heavy (non-hydrogen) atoms. The van der Waals surface area contributed by atoms with Crippen LogP contribution in [0, 0.1) is 10.1 Å². The lowest BCUT2D eigenvalue weighted by Gasteiger charge is -2.14. The molecule has 1 aromatic heterocycles. The molecular formula is C12H11N3O4. The summed E-state index contributed by atoms with van der Waals surface area (Å²) >= 11 is 0. The van der Waals surface area contributed by atoms with Crippen molar-refractivity contribution >= 4 is 22.7 Å². The summed E-state index contributed by atoms with van der Waals surface area (Å²) < 4.78 is 0. The molecule has 2 aromatic rings. The first kappa shape index (κ1) is 12.7. The van der Waals surface area contributed by atoms with Gasteiger partial charge in [0.25, 0.3) is 5.69 Å². The van der Waals surface area contributed by atoms with Gasteiger partial charge in [-0.1, -0.05) is 6.07 Å². The SMILES string of the molecule is CN(Cc1ccc([N+](=O)[O-])c2ncccc12)C(=O)O. The number of aromatic nitrogens is 1. The Hall–Kier alpha value is -2.70. The molecule has 0 aliphatic rings. The van der Waals surface area contributed by atoms with Crippen LogP contribution in [-0.2, 0) is 6.54 Å². The number of pyridine rings is 1. The zero-order chi connectivity index (χ0) is 14.0. The largest absolute Gasteiger partial charge is 0.465 e. The molecule has 0 aliphatic heterocycles. The second kappa shape index (κ2) is 4.89. The number of amides is 1. The predicted molar refractivity (Wildman–Crippen MR) is 67.9 cm³/mol. The molecule has 0 radical (unpaired) electrons. The number of rotatable bonds is 3. The van der Waals surface area contributed by atoms with E-state index < -0.39 is 11.0 Å². The van der Waals surface area contributed by atoms with Crippen molar-refractivity contribution in [2.45, 2.75) is 6.54 Å². The fourth-order valence-electron chi connectivity index (χ4n) is 1.83. The van der Waals surface area contributed by atoms with E-state index in [1.54, 1.807) is 18.2 Å². The Morgan fingerprint density at radius 3 is 2.84 bits per heavy atom. The number of non-ortho nitro benzene ring substituents is 1. The maximum Gasteiger partial charge on any atom is 0.407 e. The van der Waals surface area contributed by atoms with Crippen LogP contribution in [0.1, 0.15) is 5.56 Å². The first-order chi connectivity index (χ1) is 9.00. The van der Waals surface area contributed by atoms with Crippen molar-refractivity contribution in [3.05, 3.63) is 46.1 Å². The van der Waals surface area contributed by atoms with Gasteiger partial charge in [-0.05, 0) is 17.7 Å². The van der Waals surface area contributed by atoms with Crippen LogP contribution in [0.25, 0.3) is 10.9 Å². The minimum atomic E-state index is -1.06. The van der Waals surface area contributed by atoms with Gasteiger partial charge in [-0.2, -0.15) is 0 Å². The lowest BCUT2D eigenvalue weighted by molar-refractivity contribution is -0.383. The number of benzene rings is 1. The predicted octanol–water partition coefficient (Wildman–Crippen LogP) is 2.25. The normalized spacial score (nSPS) is 10.4. The molecule has 0 fully saturated rings. The molecule has 1 amide bonds. The van der Waals surface area contributed by atoms with Gasteiger partial charge in [0, 0.05) is 31.2 Å². The van der Waals surface area contributed by atoms with E-state index in [4.69, 9.17) is 5.11 Å². The Morgan fingerprint density at radius 2 is 2.21 bits per heavy atom. The quantitative estimate of drug-likeness (QED) is 0.675. The average molecular weight is 261 g/mol. The van der Waals surface area contributed by atoms with E-state index in [1.807, 2.05) is 0 Å². The highest BCUT2D eigenvalue weighted by Crippen LogP contribution is 2.26. The first-order valence-electron chi connectivity index (χ1n) is 5.45. The molecule has 1 heterocycles. The van der Waals surface area contributed by atoms with Crippen molar-refractivity contribution < 1.29 is 14.8 Å². The lowest BCUT2D eigenvalue weighted by Crippen LogP contribution is -2.24. The number of carboxylic acid groups (broad SMARTS) is 1. The van der Waals surface area contributed by atoms with E-state index in [0.29, 0.717) is 10.9 Å². The standard InChI is InChI=1S/C12H11N3O4/c1-14(12(16)17)7-8-4-5-10(15(18)19)11-9(8)3-2-6-13-11/h2-6H,7H2,1H3,(H,16,17). The summed E-state index contributed by atoms with van der Waals surface area (Å²) in [6.45, 7) is 0.148. The van der Waals surface area contributed by atoms with Crippen LogP contribution < -0.4 is 0 Å². The van der Waals surface area contributed by atoms with Crippen molar-refractivity contribution in [1.29, 1.82) is 0 Å². The molecule has 0 saturated heterocycles. The van der Waals surface area contributed by atoms with Gasteiger partial charge in [-0.25, -0.2) is 9.78 Å². The molecule has 0 saturated carbocycles. The molecule has 7 heteroatoms. The highest BCUT2D eigenvalue weighted by molar-refractivity contribution is 5.89. The van der Waals surface area contributed by atoms with Crippen molar-refractivity contribution in [3.63, 3.8) is 0 Å². The maximum atomic E-state index is 10.9. The Kier molecular flexibility index (Phi) is 3.28. The number of fused-ring (bicyclic) bond motifs is 1. The van der Waals surface area contributed by atoms with Crippen molar-refractivity contribution in [1.82, 2.24) is 9.88 Å². The van der Waals surface area contributed by atoms with Crippen LogP contribution in [0.15, 0.2) is 30.5 Å². The van der Waals surface area contributed by atoms with Gasteiger partial charge in [0.05, 0.1) is 4.92 Å². The van der Waals surface area contributed by atoms with Crippen molar-refractivity contribution in [2.24, 2.45) is 0 Å². The van der Waals surface area contributed by atoms with E-state index in [9.17, 15) is 14.9 Å². The van der Waals surface area contributed by atoms with Gasteiger partial charge in [0.1, 0.15) is 5.52 Å². The molecular weight excluding hydrogens is 250 g/mol. The average Bonchev–Trinajstić information content (AvgIpc) is 2.38. The number of nitrogens with zero attached hydrogens (tertiary/aromatic N) is 3. The van der Waals surface area contributed by atoms with Crippen LogP contribution >= 0.6 is 0 Å². The second-order valence-electron chi connectivity index (χ2n) is 4.04. The number of nitro groups is 1. The van der Waals surface area contributed by atoms with E-state index in [0.717, 1.165) is 4.90 Å². The Balaban J connectivity index is 2.55. The minimum absolute atomic E-state index is 0.0858. The van der Waals surface area contributed by atoms with Crippen molar-refractivity contribution in [2.75, 3.05) is 7.05 Å². The monoisotopic (exact) mass is 261 g/mol. The molecule has 0 unspecified atom stereocenters. The number of hydrogen-bond acceptors (Lipinski definition) is 4. The number of carbonyl (C=O) groups is 1. The van der Waals surface area contributed by atoms with E-state index in [-0.39, 0.29) is 17.7 Å². The second-order valence-corrected chi connectivity index (χ2v) is 4.04. The Labute approximate surface area is 108 Å². The van der Waals surface area contributed by atoms with Crippen LogP contribution in [0.5, 0.6) is 0 Å². The van der Waals surface area contributed by atoms with Crippen LogP contribution in [-0.4, -0.2) is 33.1 Å². The summed E-state index contributed by atoms with van der Waals surface area (Å²) in [5, 5.41) is 20.4. The summed E-state index contributed by atoms with van der Waals surface area (Å²) in [5.41, 5.74) is 0.861. The molecule has 2 rings (SSSR count). The van der Waals surface area contributed by atoms with Crippen molar-refractivity contribution in [3.8, 4) is 0 Å². The minimum Gasteiger partial charge on any atom is -0.465 e. The smallest absolute Gasteiger partial charge is 0.407 e. The molecule has 0 aliphatic carbocycles. The first-order valence-corrected chi connectivity index (χ1v) is 5.45. The van der Waals surface area contributed by atoms with Gasteiger partial charge in [0.2, 0.25) is 0 Å². The zero-order valence-corrected chi connectivity index (χ0v) is 10.1. The lowest BCUT2D eigenvalue weighted by atomic mass is 10.1. The third-order valence-corrected chi connectivity index (χ3v) is 2.77. The summed E-state index contributed by atoms with van der Waals surface area (Å²) in [4.78, 5) is 26.3. The molecule has 7 nitrogen and oxygen atoms in total. The number of hydrogen-bond donors (Lipinski definition) is 1. The van der Waals surface area contributed by atoms with Gasteiger partial charge < -0.3 is 10.0 Å². The van der Waals surface area contributed by atoms with E-state index >= 15 is 0 Å². The third kappa shape index (κ3) is 2.44. The number of nitro benzene ring substituents is 1. The third-order valence-electron chi connectivity index (χ3n) is 2.77. The van der Waals surface area contributed by atoms with Gasteiger partial charge in [-0.3, -0.25) is 10.1 Å². The highest BCUT2D eigenvalue weighted by atomic mass is 16.6. The highest BCUT2D eigenvalue weighted by Gasteiger charge is 2.16. The molecule has 1 aromatic carbocycles. The molecule has 0 spiro atoms. The zero-order valence-electron chi connectivity index (χ0n) is 10.1. The van der Waals surface area contributed by atoms with Crippen LogP contribution in [0.2, 0.25) is 0 Å². The summed E-state index contributed by atoms with van der Waals surface area (Å²) in [6, 6.07) is 6.26. The summed E-state index contributed by atoms with van der Waals surface area (Å²) in [6.07, 6.45) is 0.412. The van der Waals surface area contributed by atoms with Crippen LogP contribution in [0.3, 0.4) is 0 Å². The van der Waals surface area contributed by atoms with Gasteiger partial charge in [-0.15, -0.1) is 0 Å². The Bertz CT molecular complexity index is 656. The molecule has 0 atom stereocenters. The topological polar surface area (TPSA) is 96.6 Å². The molecule has 98 valence electrons. The van der Waals surface area contributed by atoms with E-state index in [2.05, 4.69) is 4.98 Å². The fourth-order valence-corrected chi connectivity index (χ4v) is 1.83. The molecule has 0 bridgehead atoms. The molecule has 1 N–H and O–H groups in total. The Morgan fingerprint density at radius 1 is 1.47 bits per heavy atom. The summed E-state index contributed by atoms with van der Waals surface area (Å²) in [7, 11) is 1.44.